The smallest absolute Gasteiger partial charge is 0.196 e. The first kappa shape index (κ1) is 12.4. The number of hydrogen-bond donors (Lipinski definition) is 1. The molecule has 3 rings (SSSR count). The Bertz CT molecular complexity index is 615. The van der Waals surface area contributed by atoms with Crippen molar-refractivity contribution in [3.8, 4) is 0 Å². The molecule has 98 valence electrons. The van der Waals surface area contributed by atoms with Crippen molar-refractivity contribution < 1.29 is 4.79 Å². The Morgan fingerprint density at radius 1 is 1.32 bits per heavy atom. The third-order valence-corrected chi connectivity index (χ3v) is 4.94. The molecular formula is C16H17NOS. The first-order valence-electron chi connectivity index (χ1n) is 6.69. The van der Waals surface area contributed by atoms with E-state index >= 15 is 0 Å². The summed E-state index contributed by atoms with van der Waals surface area (Å²) in [7, 11) is 0. The maximum Gasteiger partial charge on any atom is 0.196 e. The van der Waals surface area contributed by atoms with E-state index in [-0.39, 0.29) is 5.78 Å². The van der Waals surface area contributed by atoms with Crippen molar-refractivity contribution in [2.75, 3.05) is 5.73 Å². The van der Waals surface area contributed by atoms with E-state index in [1.165, 1.54) is 16.9 Å². The maximum absolute atomic E-state index is 12.7. The molecule has 0 spiro atoms. The van der Waals surface area contributed by atoms with Crippen LogP contribution < -0.4 is 5.73 Å². The zero-order chi connectivity index (χ0) is 13.4. The van der Waals surface area contributed by atoms with Gasteiger partial charge >= 0.3 is 0 Å². The number of fused-ring (bicyclic) bond motifs is 1. The molecule has 1 heterocycles. The number of nitrogens with two attached hydrogens (primary N) is 1. The number of anilines is 1. The first-order valence-corrected chi connectivity index (χ1v) is 7.51. The number of carbonyl (C=O) groups excluding carboxylic acids is 1. The van der Waals surface area contributed by atoms with Gasteiger partial charge in [0.15, 0.2) is 5.78 Å². The Morgan fingerprint density at radius 3 is 2.79 bits per heavy atom. The topological polar surface area (TPSA) is 43.1 Å². The summed E-state index contributed by atoms with van der Waals surface area (Å²) in [5.41, 5.74) is 8.82. The normalized spacial score (nSPS) is 18.1. The molecule has 1 aromatic heterocycles. The fraction of sp³-hybridized carbons (Fsp3) is 0.312. The molecule has 1 aromatic carbocycles. The van der Waals surface area contributed by atoms with Crippen LogP contribution in [-0.2, 0) is 6.42 Å². The Balaban J connectivity index is 2.11. The molecule has 0 amide bonds. The number of benzene rings is 1. The minimum atomic E-state index is 0.0735. The van der Waals surface area contributed by atoms with E-state index < -0.39 is 0 Å². The number of carbonyl (C=O) groups is 1. The van der Waals surface area contributed by atoms with Gasteiger partial charge in [-0.2, -0.15) is 0 Å². The molecular weight excluding hydrogens is 254 g/mol. The highest BCUT2D eigenvalue weighted by Gasteiger charge is 2.28. The number of aryl methyl sites for hydroxylation is 1. The molecule has 0 radical (unpaired) electrons. The minimum absolute atomic E-state index is 0.0735. The summed E-state index contributed by atoms with van der Waals surface area (Å²) in [6.45, 7) is 2.20. The average Bonchev–Trinajstić information content (AvgIpc) is 2.76. The Hall–Kier alpha value is -1.61. The fourth-order valence-electron chi connectivity index (χ4n) is 2.90. The lowest BCUT2D eigenvalue weighted by Gasteiger charge is -2.19. The summed E-state index contributed by atoms with van der Waals surface area (Å²) >= 11 is 1.60. The SMILES string of the molecule is CC1CCCc2sc(N)c(C(=O)c3ccccc3)c21. The van der Waals surface area contributed by atoms with Gasteiger partial charge in [-0.05, 0) is 30.7 Å². The summed E-state index contributed by atoms with van der Waals surface area (Å²) in [5.74, 6) is 0.518. The van der Waals surface area contributed by atoms with E-state index in [1.807, 2.05) is 30.3 Å². The van der Waals surface area contributed by atoms with Gasteiger partial charge in [0.2, 0.25) is 0 Å². The van der Waals surface area contributed by atoms with Crippen LogP contribution in [0, 0.1) is 0 Å². The van der Waals surface area contributed by atoms with Crippen LogP contribution in [0.15, 0.2) is 30.3 Å². The monoisotopic (exact) mass is 271 g/mol. The molecule has 1 aliphatic carbocycles. The summed E-state index contributed by atoms with van der Waals surface area (Å²) in [5, 5.41) is 0.688. The van der Waals surface area contributed by atoms with E-state index in [9.17, 15) is 4.79 Å². The molecule has 0 aliphatic heterocycles. The standard InChI is InChI=1S/C16H17NOS/c1-10-6-5-9-12-13(10)14(16(17)19-12)15(18)11-7-3-2-4-8-11/h2-4,7-8,10H,5-6,9,17H2,1H3. The number of hydrogen-bond acceptors (Lipinski definition) is 3. The third kappa shape index (κ3) is 2.08. The van der Waals surface area contributed by atoms with E-state index in [4.69, 9.17) is 5.73 Å². The lowest BCUT2D eigenvalue weighted by Crippen LogP contribution is -2.11. The largest absolute Gasteiger partial charge is 0.390 e. The maximum atomic E-state index is 12.7. The fourth-order valence-corrected chi connectivity index (χ4v) is 4.13. The van der Waals surface area contributed by atoms with Crippen LogP contribution in [0.25, 0.3) is 0 Å². The number of thiophene rings is 1. The highest BCUT2D eigenvalue weighted by molar-refractivity contribution is 7.16. The van der Waals surface area contributed by atoms with Gasteiger partial charge in [0.25, 0.3) is 0 Å². The Labute approximate surface area is 117 Å². The Kier molecular flexibility index (Phi) is 3.15. The van der Waals surface area contributed by atoms with E-state index in [0.717, 1.165) is 24.0 Å². The van der Waals surface area contributed by atoms with Gasteiger partial charge < -0.3 is 5.73 Å². The highest BCUT2D eigenvalue weighted by Crippen LogP contribution is 2.42. The van der Waals surface area contributed by atoms with Gasteiger partial charge in [-0.15, -0.1) is 11.3 Å². The summed E-state index contributed by atoms with van der Waals surface area (Å²) in [4.78, 5) is 14.0. The molecule has 0 bridgehead atoms. The second-order valence-corrected chi connectivity index (χ2v) is 6.30. The molecule has 1 aliphatic rings. The zero-order valence-corrected chi connectivity index (χ0v) is 11.8. The van der Waals surface area contributed by atoms with Gasteiger partial charge in [-0.1, -0.05) is 37.3 Å². The average molecular weight is 271 g/mol. The lowest BCUT2D eigenvalue weighted by molar-refractivity contribution is 0.103. The highest BCUT2D eigenvalue weighted by atomic mass is 32.1. The second-order valence-electron chi connectivity index (χ2n) is 5.17. The molecule has 0 fully saturated rings. The zero-order valence-electron chi connectivity index (χ0n) is 11.0. The van der Waals surface area contributed by atoms with Crippen LogP contribution in [0.5, 0.6) is 0 Å². The number of rotatable bonds is 2. The van der Waals surface area contributed by atoms with Crippen molar-refractivity contribution in [2.24, 2.45) is 0 Å². The summed E-state index contributed by atoms with van der Waals surface area (Å²) in [6.07, 6.45) is 3.42. The van der Waals surface area contributed by atoms with Crippen LogP contribution in [0.4, 0.5) is 5.00 Å². The van der Waals surface area contributed by atoms with Crippen LogP contribution >= 0.6 is 11.3 Å². The number of nitrogen functional groups attached to an aromatic ring is 1. The van der Waals surface area contributed by atoms with Crippen molar-refractivity contribution in [2.45, 2.75) is 32.1 Å². The predicted molar refractivity (Wildman–Crippen MR) is 80.0 cm³/mol. The molecule has 0 saturated heterocycles. The van der Waals surface area contributed by atoms with Gasteiger partial charge in [0, 0.05) is 10.4 Å². The van der Waals surface area contributed by atoms with Gasteiger partial charge in [0.05, 0.1) is 10.6 Å². The Morgan fingerprint density at radius 2 is 2.05 bits per heavy atom. The minimum Gasteiger partial charge on any atom is -0.390 e. The molecule has 0 saturated carbocycles. The first-order chi connectivity index (χ1) is 9.18. The van der Waals surface area contributed by atoms with Gasteiger partial charge in [-0.3, -0.25) is 4.79 Å². The summed E-state index contributed by atoms with van der Waals surface area (Å²) in [6, 6.07) is 9.43. The lowest BCUT2D eigenvalue weighted by atomic mass is 9.84. The van der Waals surface area contributed by atoms with Crippen LogP contribution in [-0.4, -0.2) is 5.78 Å². The van der Waals surface area contributed by atoms with Gasteiger partial charge in [-0.25, -0.2) is 0 Å². The summed E-state index contributed by atoms with van der Waals surface area (Å²) < 4.78 is 0. The van der Waals surface area contributed by atoms with Crippen LogP contribution in [0.1, 0.15) is 52.0 Å². The van der Waals surface area contributed by atoms with Crippen LogP contribution in [0.2, 0.25) is 0 Å². The van der Waals surface area contributed by atoms with E-state index in [0.29, 0.717) is 10.9 Å². The molecule has 19 heavy (non-hydrogen) atoms. The van der Waals surface area contributed by atoms with Crippen molar-refractivity contribution in [3.63, 3.8) is 0 Å². The van der Waals surface area contributed by atoms with E-state index in [1.54, 1.807) is 11.3 Å². The predicted octanol–water partition coefficient (Wildman–Crippen LogP) is 4.00. The second kappa shape index (κ2) is 4.82. The quantitative estimate of drug-likeness (QED) is 0.839. The van der Waals surface area contributed by atoms with Crippen molar-refractivity contribution in [3.05, 3.63) is 51.9 Å². The van der Waals surface area contributed by atoms with Crippen molar-refractivity contribution in [1.82, 2.24) is 0 Å². The van der Waals surface area contributed by atoms with Gasteiger partial charge in [0.1, 0.15) is 0 Å². The van der Waals surface area contributed by atoms with E-state index in [2.05, 4.69) is 6.92 Å². The van der Waals surface area contributed by atoms with Crippen LogP contribution in [0.3, 0.4) is 0 Å². The molecule has 1 atom stereocenters. The molecule has 3 heteroatoms. The van der Waals surface area contributed by atoms with Crippen molar-refractivity contribution in [1.29, 1.82) is 0 Å². The molecule has 1 unspecified atom stereocenters. The number of ketones is 1. The third-order valence-electron chi connectivity index (χ3n) is 3.85. The molecule has 2 aromatic rings. The van der Waals surface area contributed by atoms with Crippen molar-refractivity contribution >= 4 is 22.1 Å². The molecule has 2 nitrogen and oxygen atoms in total. The molecule has 2 N–H and O–H groups in total.